The Kier molecular flexibility index (Phi) is 6.44. The second-order valence-electron chi connectivity index (χ2n) is 7.44. The van der Waals surface area contributed by atoms with Gasteiger partial charge in [0.2, 0.25) is 0 Å². The van der Waals surface area contributed by atoms with Crippen LogP contribution in [0.4, 0.5) is 0 Å². The molecule has 1 aliphatic rings. The van der Waals surface area contributed by atoms with Gasteiger partial charge in [-0.25, -0.2) is 0 Å². The maximum Gasteiger partial charge on any atom is 0.264 e. The minimum atomic E-state index is -3.94. The summed E-state index contributed by atoms with van der Waals surface area (Å²) in [6.07, 6.45) is 2.03. The second-order valence-corrected chi connectivity index (χ2v) is 13.8. The van der Waals surface area contributed by atoms with E-state index >= 15 is 0 Å². The van der Waals surface area contributed by atoms with E-state index in [1.807, 2.05) is 0 Å². The van der Waals surface area contributed by atoms with Crippen LogP contribution in [0.1, 0.15) is 40.0 Å². The standard InChI is InChI=1S/C14H30O5SSi/c1-14(2,3)21(4,5)19-13(8-11-20(15,16)17)12-6-9-18-10-7-12/h12-13H,6-11H2,1-5H3,(H,15,16,17). The lowest BCUT2D eigenvalue weighted by Gasteiger charge is -2.42. The Labute approximate surface area is 130 Å². The summed E-state index contributed by atoms with van der Waals surface area (Å²) in [4.78, 5) is 0. The lowest BCUT2D eigenvalue weighted by atomic mass is 9.92. The van der Waals surface area contributed by atoms with Crippen LogP contribution in [-0.2, 0) is 19.3 Å². The van der Waals surface area contributed by atoms with Crippen LogP contribution in [0.25, 0.3) is 0 Å². The minimum absolute atomic E-state index is 0.0779. The van der Waals surface area contributed by atoms with Gasteiger partial charge < -0.3 is 9.16 Å². The summed E-state index contributed by atoms with van der Waals surface area (Å²) in [5.41, 5.74) is 0. The molecule has 0 aromatic rings. The highest BCUT2D eigenvalue weighted by molar-refractivity contribution is 7.85. The molecule has 1 N–H and O–H groups in total. The van der Waals surface area contributed by atoms with Crippen molar-refractivity contribution < 1.29 is 22.1 Å². The van der Waals surface area contributed by atoms with Gasteiger partial charge in [-0.3, -0.25) is 4.55 Å². The van der Waals surface area contributed by atoms with Crippen molar-refractivity contribution in [1.29, 1.82) is 0 Å². The highest BCUT2D eigenvalue weighted by atomic mass is 32.2. The fraction of sp³-hybridized carbons (Fsp3) is 1.00. The molecule has 0 saturated carbocycles. The van der Waals surface area contributed by atoms with Crippen LogP contribution < -0.4 is 0 Å². The van der Waals surface area contributed by atoms with Crippen LogP contribution >= 0.6 is 0 Å². The molecule has 1 unspecified atom stereocenters. The van der Waals surface area contributed by atoms with Crippen molar-refractivity contribution in [3.8, 4) is 0 Å². The lowest BCUT2D eigenvalue weighted by Crippen LogP contribution is -2.47. The summed E-state index contributed by atoms with van der Waals surface area (Å²) in [7, 11) is -5.91. The summed E-state index contributed by atoms with van der Waals surface area (Å²) < 4.78 is 43.0. The maximum absolute atomic E-state index is 11.1. The van der Waals surface area contributed by atoms with Crippen molar-refractivity contribution in [3.63, 3.8) is 0 Å². The van der Waals surface area contributed by atoms with E-state index in [1.165, 1.54) is 0 Å². The molecule has 0 amide bonds. The van der Waals surface area contributed by atoms with Crippen LogP contribution in [0.15, 0.2) is 0 Å². The lowest BCUT2D eigenvalue weighted by molar-refractivity contribution is 0.0119. The molecule has 0 aromatic heterocycles. The van der Waals surface area contributed by atoms with Crippen LogP contribution in [0.5, 0.6) is 0 Å². The minimum Gasteiger partial charge on any atom is -0.414 e. The Bertz CT molecular complexity index is 421. The van der Waals surface area contributed by atoms with Gasteiger partial charge in [0.25, 0.3) is 10.1 Å². The van der Waals surface area contributed by atoms with Crippen molar-refractivity contribution in [2.75, 3.05) is 19.0 Å². The first kappa shape index (κ1) is 19.1. The summed E-state index contributed by atoms with van der Waals surface area (Å²) in [6, 6.07) is 0. The molecule has 5 nitrogen and oxygen atoms in total. The molecule has 1 fully saturated rings. The summed E-state index contributed by atoms with van der Waals surface area (Å²) in [5.74, 6) is 0.0820. The largest absolute Gasteiger partial charge is 0.414 e. The fourth-order valence-electron chi connectivity index (χ4n) is 2.30. The smallest absolute Gasteiger partial charge is 0.264 e. The Morgan fingerprint density at radius 3 is 2.24 bits per heavy atom. The Balaban J connectivity index is 2.80. The molecule has 0 aromatic carbocycles. The van der Waals surface area contributed by atoms with Gasteiger partial charge in [0, 0.05) is 19.3 Å². The van der Waals surface area contributed by atoms with Crippen molar-refractivity contribution in [2.45, 2.75) is 64.3 Å². The average molecular weight is 339 g/mol. The van der Waals surface area contributed by atoms with Gasteiger partial charge in [-0.15, -0.1) is 0 Å². The van der Waals surface area contributed by atoms with E-state index in [-0.39, 0.29) is 16.9 Å². The molecule has 1 aliphatic heterocycles. The van der Waals surface area contributed by atoms with Crippen LogP contribution in [0, 0.1) is 5.92 Å². The molecular formula is C14H30O5SSi. The average Bonchev–Trinajstić information content (AvgIpc) is 2.33. The summed E-state index contributed by atoms with van der Waals surface area (Å²) in [5, 5.41) is 0.0779. The SMILES string of the molecule is CC(C)(C)[Si](C)(C)OC(CCS(=O)(=O)O)C1CCOCC1. The third kappa shape index (κ3) is 6.36. The molecule has 0 radical (unpaired) electrons. The second kappa shape index (κ2) is 7.08. The van der Waals surface area contributed by atoms with Crippen molar-refractivity contribution >= 4 is 18.4 Å². The van der Waals surface area contributed by atoms with E-state index < -0.39 is 18.4 Å². The van der Waals surface area contributed by atoms with Gasteiger partial charge in [-0.1, -0.05) is 20.8 Å². The number of rotatable bonds is 6. The molecule has 1 heterocycles. The van der Waals surface area contributed by atoms with Gasteiger partial charge in [-0.05, 0) is 43.3 Å². The molecule has 0 bridgehead atoms. The third-order valence-corrected chi connectivity index (χ3v) is 9.96. The summed E-state index contributed by atoms with van der Waals surface area (Å²) in [6.45, 7) is 12.3. The van der Waals surface area contributed by atoms with Crippen molar-refractivity contribution in [1.82, 2.24) is 0 Å². The first-order valence-corrected chi connectivity index (χ1v) is 12.1. The van der Waals surface area contributed by atoms with Gasteiger partial charge >= 0.3 is 0 Å². The van der Waals surface area contributed by atoms with E-state index in [2.05, 4.69) is 33.9 Å². The van der Waals surface area contributed by atoms with Gasteiger partial charge in [-0.2, -0.15) is 8.42 Å². The normalized spacial score (nSPS) is 20.5. The van der Waals surface area contributed by atoms with Gasteiger partial charge in [0.15, 0.2) is 8.32 Å². The van der Waals surface area contributed by atoms with Crippen LogP contribution in [0.3, 0.4) is 0 Å². The molecular weight excluding hydrogens is 308 g/mol. The number of ether oxygens (including phenoxy) is 1. The zero-order valence-corrected chi connectivity index (χ0v) is 15.7. The topological polar surface area (TPSA) is 72.8 Å². The van der Waals surface area contributed by atoms with E-state index in [0.717, 1.165) is 12.8 Å². The first-order chi connectivity index (χ1) is 9.42. The first-order valence-electron chi connectivity index (χ1n) is 7.63. The predicted molar refractivity (Wildman–Crippen MR) is 86.6 cm³/mol. The maximum atomic E-state index is 11.1. The van der Waals surface area contributed by atoms with Gasteiger partial charge in [0.1, 0.15) is 0 Å². The number of hydrogen-bond donors (Lipinski definition) is 1. The van der Waals surface area contributed by atoms with Crippen LogP contribution in [0.2, 0.25) is 18.1 Å². The molecule has 1 atom stereocenters. The van der Waals surface area contributed by atoms with E-state index in [4.69, 9.17) is 13.7 Å². The van der Waals surface area contributed by atoms with Crippen molar-refractivity contribution in [2.24, 2.45) is 5.92 Å². The van der Waals surface area contributed by atoms with E-state index in [9.17, 15) is 8.42 Å². The molecule has 7 heteroatoms. The van der Waals surface area contributed by atoms with E-state index in [0.29, 0.717) is 25.6 Å². The molecule has 0 spiro atoms. The number of hydrogen-bond acceptors (Lipinski definition) is 4. The Morgan fingerprint density at radius 2 is 1.81 bits per heavy atom. The third-order valence-electron chi connectivity index (χ3n) is 4.70. The quantitative estimate of drug-likeness (QED) is 0.595. The Hall–Kier alpha value is 0.0469. The summed E-state index contributed by atoms with van der Waals surface area (Å²) >= 11 is 0. The molecule has 1 rings (SSSR count). The zero-order valence-electron chi connectivity index (χ0n) is 13.9. The van der Waals surface area contributed by atoms with Gasteiger partial charge in [0.05, 0.1) is 5.75 Å². The molecule has 0 aliphatic carbocycles. The van der Waals surface area contributed by atoms with Crippen molar-refractivity contribution in [3.05, 3.63) is 0 Å². The molecule has 21 heavy (non-hydrogen) atoms. The Morgan fingerprint density at radius 1 is 1.29 bits per heavy atom. The van der Waals surface area contributed by atoms with E-state index in [1.54, 1.807) is 0 Å². The molecule has 1 saturated heterocycles. The predicted octanol–water partition coefficient (Wildman–Crippen LogP) is 3.08. The van der Waals surface area contributed by atoms with Crippen LogP contribution in [-0.4, -0.2) is 46.4 Å². The zero-order chi connectivity index (χ0) is 16.3. The molecule has 126 valence electrons. The highest BCUT2D eigenvalue weighted by Gasteiger charge is 2.41. The monoisotopic (exact) mass is 338 g/mol. The fourth-order valence-corrected chi connectivity index (χ4v) is 4.25. The highest BCUT2D eigenvalue weighted by Crippen LogP contribution is 2.39.